The summed E-state index contributed by atoms with van der Waals surface area (Å²) in [5.41, 5.74) is 2.47. The lowest BCUT2D eigenvalue weighted by molar-refractivity contribution is -0.115. The lowest BCUT2D eigenvalue weighted by Crippen LogP contribution is -2.16. The van der Waals surface area contributed by atoms with E-state index in [0.717, 1.165) is 11.3 Å². The number of hydrogen-bond acceptors (Lipinski definition) is 5. The molecule has 0 saturated carbocycles. The Bertz CT molecular complexity index is 876. The maximum atomic E-state index is 12.3. The highest BCUT2D eigenvalue weighted by Gasteiger charge is 2.19. The number of benzene rings is 1. The zero-order valence-corrected chi connectivity index (χ0v) is 15.6. The van der Waals surface area contributed by atoms with Gasteiger partial charge >= 0.3 is 0 Å². The molecular weight excluding hydrogens is 334 g/mol. The second kappa shape index (κ2) is 6.80. The van der Waals surface area contributed by atoms with E-state index < -0.39 is 0 Å². The first-order valence-corrected chi connectivity index (χ1v) is 8.98. The fourth-order valence-corrected chi connectivity index (χ4v) is 3.24. The summed E-state index contributed by atoms with van der Waals surface area (Å²) >= 11 is 1.43. The molecule has 0 radical (unpaired) electrons. The van der Waals surface area contributed by atoms with Crippen molar-refractivity contribution in [3.63, 3.8) is 0 Å². The van der Waals surface area contributed by atoms with Gasteiger partial charge in [-0.3, -0.25) is 4.79 Å². The number of nitrogens with zero attached hydrogens (tertiary/aromatic N) is 2. The second-order valence-corrected chi connectivity index (χ2v) is 7.76. The Kier molecular flexibility index (Phi) is 4.72. The summed E-state index contributed by atoms with van der Waals surface area (Å²) in [4.78, 5) is 21.3. The number of aromatic nitrogens is 2. The number of aryl methyl sites for hydroxylation is 1. The molecule has 2 heterocycles. The van der Waals surface area contributed by atoms with Crippen molar-refractivity contribution in [1.82, 2.24) is 9.97 Å². The van der Waals surface area contributed by atoms with E-state index >= 15 is 0 Å². The van der Waals surface area contributed by atoms with Gasteiger partial charge in [-0.1, -0.05) is 39.0 Å². The number of anilines is 1. The van der Waals surface area contributed by atoms with Crippen molar-refractivity contribution < 1.29 is 9.21 Å². The third-order valence-electron chi connectivity index (χ3n) is 3.76. The molecule has 25 heavy (non-hydrogen) atoms. The topological polar surface area (TPSA) is 68.0 Å². The van der Waals surface area contributed by atoms with Gasteiger partial charge in [0.15, 0.2) is 5.13 Å². The minimum atomic E-state index is -0.147. The van der Waals surface area contributed by atoms with Gasteiger partial charge in [-0.25, -0.2) is 9.97 Å². The highest BCUT2D eigenvalue weighted by Crippen LogP contribution is 2.27. The largest absolute Gasteiger partial charge is 0.441 e. The fourth-order valence-electron chi connectivity index (χ4n) is 2.29. The second-order valence-electron chi connectivity index (χ2n) is 6.90. The lowest BCUT2D eigenvalue weighted by Gasteiger charge is -2.14. The molecule has 0 spiro atoms. The summed E-state index contributed by atoms with van der Waals surface area (Å²) in [5, 5.41) is 5.43. The molecule has 0 unspecified atom stereocenters. The molecule has 0 aliphatic carbocycles. The Morgan fingerprint density at radius 1 is 1.20 bits per heavy atom. The summed E-state index contributed by atoms with van der Waals surface area (Å²) in [6.07, 6.45) is 0.159. The van der Waals surface area contributed by atoms with Crippen molar-refractivity contribution in [2.75, 3.05) is 5.32 Å². The number of thiazole rings is 1. The molecule has 0 atom stereocenters. The molecule has 6 heteroatoms. The minimum Gasteiger partial charge on any atom is -0.441 e. The van der Waals surface area contributed by atoms with Gasteiger partial charge in [0.05, 0.1) is 17.8 Å². The van der Waals surface area contributed by atoms with Crippen LogP contribution in [0.4, 0.5) is 5.13 Å². The highest BCUT2D eigenvalue weighted by molar-refractivity contribution is 7.13. The molecule has 3 aromatic rings. The average Bonchev–Trinajstić information content (AvgIpc) is 3.15. The molecule has 130 valence electrons. The number of oxazole rings is 1. The van der Waals surface area contributed by atoms with Gasteiger partial charge in [0.25, 0.3) is 0 Å². The molecule has 1 N–H and O–H groups in total. The van der Waals surface area contributed by atoms with Crippen LogP contribution in [0.25, 0.3) is 11.5 Å². The summed E-state index contributed by atoms with van der Waals surface area (Å²) in [6, 6.07) is 9.65. The van der Waals surface area contributed by atoms with Crippen LogP contribution in [-0.2, 0) is 16.6 Å². The smallest absolute Gasteiger partial charge is 0.232 e. The third kappa shape index (κ3) is 4.14. The van der Waals surface area contributed by atoms with Gasteiger partial charge in [-0.15, -0.1) is 11.3 Å². The standard InChI is InChI=1S/C19H21N3O2S/c1-12-14(20-17(24-12)13-8-6-5-7-9-13)10-16(23)22-18-21-15(11-25-18)19(2,3)4/h5-9,11H,10H2,1-4H3,(H,21,22,23). The first-order chi connectivity index (χ1) is 11.8. The Labute approximate surface area is 151 Å². The number of rotatable bonds is 4. The number of hydrogen-bond donors (Lipinski definition) is 1. The molecule has 0 saturated heterocycles. The van der Waals surface area contributed by atoms with E-state index in [-0.39, 0.29) is 17.7 Å². The van der Waals surface area contributed by atoms with Gasteiger partial charge in [0, 0.05) is 16.4 Å². The van der Waals surface area contributed by atoms with E-state index in [9.17, 15) is 4.79 Å². The predicted octanol–water partition coefficient (Wildman–Crippen LogP) is 4.59. The van der Waals surface area contributed by atoms with Gasteiger partial charge in [0.1, 0.15) is 5.76 Å². The van der Waals surface area contributed by atoms with Crippen molar-refractivity contribution in [2.45, 2.75) is 39.5 Å². The molecule has 5 nitrogen and oxygen atoms in total. The van der Waals surface area contributed by atoms with Crippen LogP contribution in [0.3, 0.4) is 0 Å². The van der Waals surface area contributed by atoms with Gasteiger partial charge < -0.3 is 9.73 Å². The van der Waals surface area contributed by atoms with E-state index in [4.69, 9.17) is 4.42 Å². The van der Waals surface area contributed by atoms with Crippen LogP contribution in [0, 0.1) is 6.92 Å². The van der Waals surface area contributed by atoms with Crippen molar-refractivity contribution in [2.24, 2.45) is 0 Å². The van der Waals surface area contributed by atoms with E-state index in [1.165, 1.54) is 11.3 Å². The summed E-state index contributed by atoms with van der Waals surface area (Å²) in [7, 11) is 0. The monoisotopic (exact) mass is 355 g/mol. The summed E-state index contributed by atoms with van der Waals surface area (Å²) < 4.78 is 5.70. The third-order valence-corrected chi connectivity index (χ3v) is 4.52. The van der Waals surface area contributed by atoms with Crippen molar-refractivity contribution >= 4 is 22.4 Å². The average molecular weight is 355 g/mol. The molecule has 0 aliphatic rings. The SMILES string of the molecule is Cc1oc(-c2ccccc2)nc1CC(=O)Nc1nc(C(C)(C)C)cs1. The Balaban J connectivity index is 1.69. The number of nitrogens with one attached hydrogen (secondary N) is 1. The summed E-state index contributed by atoms with van der Waals surface area (Å²) in [6.45, 7) is 8.11. The number of carbonyl (C=O) groups excluding carboxylic acids is 1. The van der Waals surface area contributed by atoms with E-state index in [2.05, 4.69) is 36.1 Å². The zero-order chi connectivity index (χ0) is 18.0. The predicted molar refractivity (Wildman–Crippen MR) is 99.8 cm³/mol. The minimum absolute atomic E-state index is 0.0350. The molecule has 0 fully saturated rings. The zero-order valence-electron chi connectivity index (χ0n) is 14.8. The van der Waals surface area contributed by atoms with Crippen molar-refractivity contribution in [3.8, 4) is 11.5 Å². The number of carbonyl (C=O) groups is 1. The van der Waals surface area contributed by atoms with E-state index in [0.29, 0.717) is 22.5 Å². The fraction of sp³-hybridized carbons (Fsp3) is 0.316. The van der Waals surface area contributed by atoms with Crippen molar-refractivity contribution in [3.05, 3.63) is 52.9 Å². The molecule has 1 aromatic carbocycles. The molecule has 0 bridgehead atoms. The lowest BCUT2D eigenvalue weighted by atomic mass is 9.93. The molecule has 2 aromatic heterocycles. The molecule has 1 amide bonds. The molecule has 3 rings (SSSR count). The summed E-state index contributed by atoms with van der Waals surface area (Å²) in [5.74, 6) is 1.04. The quantitative estimate of drug-likeness (QED) is 0.743. The Hall–Kier alpha value is -2.47. The first-order valence-electron chi connectivity index (χ1n) is 8.10. The van der Waals surface area contributed by atoms with Gasteiger partial charge in [0.2, 0.25) is 11.8 Å². The van der Waals surface area contributed by atoms with Crippen LogP contribution in [0.1, 0.15) is 37.9 Å². The van der Waals surface area contributed by atoms with Gasteiger partial charge in [-0.05, 0) is 19.1 Å². The van der Waals surface area contributed by atoms with Crippen LogP contribution in [0.5, 0.6) is 0 Å². The maximum Gasteiger partial charge on any atom is 0.232 e. The Morgan fingerprint density at radius 3 is 2.56 bits per heavy atom. The van der Waals surface area contributed by atoms with Crippen LogP contribution in [0.15, 0.2) is 40.1 Å². The van der Waals surface area contributed by atoms with Crippen LogP contribution >= 0.6 is 11.3 Å². The van der Waals surface area contributed by atoms with E-state index in [1.54, 1.807) is 0 Å². The van der Waals surface area contributed by atoms with Crippen molar-refractivity contribution in [1.29, 1.82) is 0 Å². The van der Waals surface area contributed by atoms with Crippen LogP contribution in [0.2, 0.25) is 0 Å². The number of amides is 1. The first kappa shape index (κ1) is 17.4. The van der Waals surface area contributed by atoms with Crippen LogP contribution in [-0.4, -0.2) is 15.9 Å². The van der Waals surface area contributed by atoms with Gasteiger partial charge in [-0.2, -0.15) is 0 Å². The maximum absolute atomic E-state index is 12.3. The molecule has 0 aliphatic heterocycles. The Morgan fingerprint density at radius 2 is 1.92 bits per heavy atom. The highest BCUT2D eigenvalue weighted by atomic mass is 32.1. The van der Waals surface area contributed by atoms with Crippen LogP contribution < -0.4 is 5.32 Å². The normalized spacial score (nSPS) is 11.5. The molecular formula is C19H21N3O2S. The van der Waals surface area contributed by atoms with E-state index in [1.807, 2.05) is 42.6 Å².